The molecule has 2 rings (SSSR count). The van der Waals surface area contributed by atoms with Crippen molar-refractivity contribution in [3.05, 3.63) is 51.8 Å². The van der Waals surface area contributed by atoms with Crippen LogP contribution in [0.5, 0.6) is 0 Å². The van der Waals surface area contributed by atoms with Crippen LogP contribution in [0.1, 0.15) is 11.3 Å². The van der Waals surface area contributed by atoms with E-state index in [0.29, 0.717) is 12.4 Å². The van der Waals surface area contributed by atoms with Crippen LogP contribution in [0.4, 0.5) is 17.3 Å². The number of hydrogen-bond acceptors (Lipinski definition) is 6. The lowest BCUT2D eigenvalue weighted by molar-refractivity contribution is -0.384. The number of aromatic nitrogens is 2. The number of nitrogens with zero attached hydrogens (tertiary/aromatic N) is 3. The largest absolute Gasteiger partial charge is 0.373 e. The van der Waals surface area contributed by atoms with E-state index in [0.717, 1.165) is 11.3 Å². The van der Waals surface area contributed by atoms with Crippen LogP contribution in [0.25, 0.3) is 0 Å². The average molecular weight is 273 g/mol. The fourth-order valence-electron chi connectivity index (χ4n) is 1.66. The minimum absolute atomic E-state index is 0.0518. The number of hydrogen-bond donors (Lipinski definition) is 2. The van der Waals surface area contributed by atoms with Crippen molar-refractivity contribution in [2.45, 2.75) is 13.5 Å². The third kappa shape index (κ3) is 3.19. The first kappa shape index (κ1) is 13.7. The van der Waals surface area contributed by atoms with Gasteiger partial charge >= 0.3 is 5.69 Å². The SMILES string of the molecule is CNc1ccc([N+](=O)[O-])c(NCc2ccc(C)nc2)n1. The van der Waals surface area contributed by atoms with E-state index in [4.69, 9.17) is 0 Å². The van der Waals surface area contributed by atoms with E-state index in [-0.39, 0.29) is 11.5 Å². The summed E-state index contributed by atoms with van der Waals surface area (Å²) in [6.45, 7) is 2.33. The molecule has 0 saturated heterocycles. The molecule has 2 aromatic rings. The van der Waals surface area contributed by atoms with Crippen LogP contribution in [0, 0.1) is 17.0 Å². The number of rotatable bonds is 5. The first-order valence-electron chi connectivity index (χ1n) is 6.08. The molecule has 7 heteroatoms. The number of nitrogens with one attached hydrogen (secondary N) is 2. The number of anilines is 2. The molecule has 0 bridgehead atoms. The molecule has 0 spiro atoms. The van der Waals surface area contributed by atoms with Gasteiger partial charge in [0.05, 0.1) is 4.92 Å². The highest BCUT2D eigenvalue weighted by Crippen LogP contribution is 2.24. The van der Waals surface area contributed by atoms with Crippen LogP contribution < -0.4 is 10.6 Å². The molecule has 0 aliphatic rings. The maximum atomic E-state index is 11.0. The van der Waals surface area contributed by atoms with Crippen LogP contribution in [0.15, 0.2) is 30.5 Å². The van der Waals surface area contributed by atoms with Crippen LogP contribution >= 0.6 is 0 Å². The molecule has 2 heterocycles. The van der Waals surface area contributed by atoms with Gasteiger partial charge in [-0.25, -0.2) is 4.98 Å². The Morgan fingerprint density at radius 2 is 2.10 bits per heavy atom. The van der Waals surface area contributed by atoms with E-state index < -0.39 is 4.92 Å². The third-order valence-electron chi connectivity index (χ3n) is 2.76. The molecule has 0 aliphatic carbocycles. The molecule has 2 aromatic heterocycles. The zero-order chi connectivity index (χ0) is 14.5. The first-order valence-corrected chi connectivity index (χ1v) is 6.08. The molecule has 20 heavy (non-hydrogen) atoms. The van der Waals surface area contributed by atoms with Crippen molar-refractivity contribution in [2.24, 2.45) is 0 Å². The van der Waals surface area contributed by atoms with Crippen molar-refractivity contribution >= 4 is 17.3 Å². The molecular weight excluding hydrogens is 258 g/mol. The standard InChI is InChI=1S/C13H15N5O2/c1-9-3-4-10(7-15-9)8-16-13-11(18(19)20)5-6-12(14-2)17-13/h3-7H,8H2,1-2H3,(H2,14,16,17). The third-order valence-corrected chi connectivity index (χ3v) is 2.76. The highest BCUT2D eigenvalue weighted by Gasteiger charge is 2.15. The summed E-state index contributed by atoms with van der Waals surface area (Å²) in [5.74, 6) is 0.808. The van der Waals surface area contributed by atoms with E-state index in [1.165, 1.54) is 6.07 Å². The second kappa shape index (κ2) is 5.96. The van der Waals surface area contributed by atoms with Crippen molar-refractivity contribution in [1.82, 2.24) is 9.97 Å². The molecule has 0 aliphatic heterocycles. The molecule has 0 unspecified atom stereocenters. The average Bonchev–Trinajstić information content (AvgIpc) is 2.46. The van der Waals surface area contributed by atoms with Crippen molar-refractivity contribution in [3.63, 3.8) is 0 Å². The Balaban J connectivity index is 2.18. The van der Waals surface area contributed by atoms with Gasteiger partial charge < -0.3 is 10.6 Å². The zero-order valence-corrected chi connectivity index (χ0v) is 11.3. The topological polar surface area (TPSA) is 93.0 Å². The van der Waals surface area contributed by atoms with Crippen LogP contribution in [0.2, 0.25) is 0 Å². The summed E-state index contributed by atoms with van der Waals surface area (Å²) in [5, 5.41) is 16.8. The predicted octanol–water partition coefficient (Wildman–Crippen LogP) is 2.35. The highest BCUT2D eigenvalue weighted by molar-refractivity contribution is 5.60. The lowest BCUT2D eigenvalue weighted by Crippen LogP contribution is -2.06. The Bertz CT molecular complexity index is 613. The van der Waals surface area contributed by atoms with Crippen LogP contribution in [-0.4, -0.2) is 21.9 Å². The van der Waals surface area contributed by atoms with Crippen LogP contribution in [-0.2, 0) is 6.54 Å². The summed E-state index contributed by atoms with van der Waals surface area (Å²) in [5.41, 5.74) is 1.81. The van der Waals surface area contributed by atoms with Gasteiger partial charge in [-0.15, -0.1) is 0 Å². The quantitative estimate of drug-likeness (QED) is 0.641. The molecule has 0 fully saturated rings. The van der Waals surface area contributed by atoms with Crippen molar-refractivity contribution in [1.29, 1.82) is 0 Å². The van der Waals surface area contributed by atoms with Gasteiger partial charge in [-0.1, -0.05) is 6.07 Å². The Labute approximate surface area is 116 Å². The number of aryl methyl sites for hydroxylation is 1. The molecule has 104 valence electrons. The molecule has 0 aromatic carbocycles. The van der Waals surface area contributed by atoms with Crippen molar-refractivity contribution < 1.29 is 4.92 Å². The van der Waals surface area contributed by atoms with Gasteiger partial charge in [0.25, 0.3) is 0 Å². The maximum Gasteiger partial charge on any atom is 0.311 e. The lowest BCUT2D eigenvalue weighted by Gasteiger charge is -2.08. The molecule has 0 radical (unpaired) electrons. The minimum atomic E-state index is -0.456. The molecule has 7 nitrogen and oxygen atoms in total. The summed E-state index contributed by atoms with van der Waals surface area (Å²) < 4.78 is 0. The van der Waals surface area contributed by atoms with Gasteiger partial charge in [0.15, 0.2) is 0 Å². The van der Waals surface area contributed by atoms with E-state index >= 15 is 0 Å². The molecule has 0 saturated carbocycles. The van der Waals surface area contributed by atoms with Gasteiger partial charge in [-0.3, -0.25) is 15.1 Å². The predicted molar refractivity (Wildman–Crippen MR) is 76.7 cm³/mol. The van der Waals surface area contributed by atoms with Crippen molar-refractivity contribution in [2.75, 3.05) is 17.7 Å². The first-order chi connectivity index (χ1) is 9.60. The molecule has 0 atom stereocenters. The fraction of sp³-hybridized carbons (Fsp3) is 0.231. The van der Waals surface area contributed by atoms with Gasteiger partial charge in [0, 0.05) is 31.5 Å². The Morgan fingerprint density at radius 1 is 1.30 bits per heavy atom. The molecule has 0 amide bonds. The summed E-state index contributed by atoms with van der Waals surface area (Å²) >= 11 is 0. The summed E-state index contributed by atoms with van der Waals surface area (Å²) in [6, 6.07) is 6.80. The maximum absolute atomic E-state index is 11.0. The minimum Gasteiger partial charge on any atom is -0.373 e. The van der Waals surface area contributed by atoms with E-state index in [2.05, 4.69) is 20.6 Å². The second-order valence-corrected chi connectivity index (χ2v) is 4.23. The van der Waals surface area contributed by atoms with E-state index in [1.807, 2.05) is 19.1 Å². The number of pyridine rings is 2. The Morgan fingerprint density at radius 3 is 2.70 bits per heavy atom. The second-order valence-electron chi connectivity index (χ2n) is 4.23. The Hall–Kier alpha value is -2.70. The monoisotopic (exact) mass is 273 g/mol. The fourth-order valence-corrected chi connectivity index (χ4v) is 1.66. The summed E-state index contributed by atoms with van der Waals surface area (Å²) in [4.78, 5) is 18.9. The molecule has 2 N–H and O–H groups in total. The van der Waals surface area contributed by atoms with E-state index in [1.54, 1.807) is 19.3 Å². The highest BCUT2D eigenvalue weighted by atomic mass is 16.6. The lowest BCUT2D eigenvalue weighted by atomic mass is 10.2. The summed E-state index contributed by atoms with van der Waals surface area (Å²) in [6.07, 6.45) is 1.73. The van der Waals surface area contributed by atoms with E-state index in [9.17, 15) is 10.1 Å². The smallest absolute Gasteiger partial charge is 0.311 e. The number of nitro groups is 1. The van der Waals surface area contributed by atoms with Gasteiger partial charge in [0.1, 0.15) is 5.82 Å². The van der Waals surface area contributed by atoms with Gasteiger partial charge in [0.2, 0.25) is 5.82 Å². The zero-order valence-electron chi connectivity index (χ0n) is 11.3. The van der Waals surface area contributed by atoms with Gasteiger partial charge in [-0.2, -0.15) is 0 Å². The normalized spacial score (nSPS) is 10.1. The Kier molecular flexibility index (Phi) is 4.09. The molecular formula is C13H15N5O2. The summed E-state index contributed by atoms with van der Waals surface area (Å²) in [7, 11) is 1.71. The van der Waals surface area contributed by atoms with Crippen molar-refractivity contribution in [3.8, 4) is 0 Å². The van der Waals surface area contributed by atoms with Crippen LogP contribution in [0.3, 0.4) is 0 Å². The van der Waals surface area contributed by atoms with Gasteiger partial charge in [-0.05, 0) is 24.6 Å².